The topological polar surface area (TPSA) is 104 Å². The minimum atomic E-state index is -3.90. The smallest absolute Gasteiger partial charge is 0.247 e. The molecule has 1 heterocycles. The molecule has 0 unspecified atom stereocenters. The van der Waals surface area contributed by atoms with Crippen molar-refractivity contribution in [1.82, 2.24) is 14.4 Å². The zero-order valence-corrected chi connectivity index (χ0v) is 18.0. The predicted octanol–water partition coefficient (Wildman–Crippen LogP) is 2.97. The third-order valence-electron chi connectivity index (χ3n) is 4.31. The second-order valence-corrected chi connectivity index (χ2v) is 8.26. The van der Waals surface area contributed by atoms with Crippen LogP contribution in [0, 0.1) is 0 Å². The van der Waals surface area contributed by atoms with Crippen LogP contribution in [0.5, 0.6) is 17.2 Å². The fourth-order valence-corrected chi connectivity index (χ4v) is 4.02. The van der Waals surface area contributed by atoms with Gasteiger partial charge < -0.3 is 18.7 Å². The summed E-state index contributed by atoms with van der Waals surface area (Å²) in [7, 11) is 0.396. The molecule has 9 nitrogen and oxygen atoms in total. The van der Waals surface area contributed by atoms with Gasteiger partial charge in [-0.3, -0.25) is 0 Å². The van der Waals surface area contributed by atoms with E-state index in [1.807, 2.05) is 6.92 Å². The van der Waals surface area contributed by atoms with Crippen LogP contribution in [0.25, 0.3) is 11.4 Å². The molecule has 0 amide bonds. The van der Waals surface area contributed by atoms with Gasteiger partial charge in [0.1, 0.15) is 22.1 Å². The number of ether oxygens (including phenoxy) is 3. The highest BCUT2D eigenvalue weighted by Crippen LogP contribution is 2.30. The number of sulfonamides is 1. The van der Waals surface area contributed by atoms with Crippen molar-refractivity contribution < 1.29 is 27.2 Å². The summed E-state index contributed by atoms with van der Waals surface area (Å²) in [5.74, 6) is 1.87. The number of aromatic nitrogens is 2. The van der Waals surface area contributed by atoms with Crippen molar-refractivity contribution in [3.8, 4) is 28.6 Å². The lowest BCUT2D eigenvalue weighted by Crippen LogP contribution is -2.27. The van der Waals surface area contributed by atoms with Crippen LogP contribution in [0.1, 0.15) is 12.8 Å². The van der Waals surface area contributed by atoms with Crippen molar-refractivity contribution in [1.29, 1.82) is 0 Å². The van der Waals surface area contributed by atoms with Gasteiger partial charge in [0.05, 0.1) is 27.4 Å². The maximum absolute atomic E-state index is 13.0. The highest BCUT2D eigenvalue weighted by Gasteiger charge is 2.27. The van der Waals surface area contributed by atoms with E-state index in [9.17, 15) is 8.42 Å². The van der Waals surface area contributed by atoms with Gasteiger partial charge >= 0.3 is 0 Å². The molecule has 0 spiro atoms. The Balaban J connectivity index is 1.80. The summed E-state index contributed by atoms with van der Waals surface area (Å²) in [6.07, 6.45) is 0. The van der Waals surface area contributed by atoms with Crippen LogP contribution in [0.2, 0.25) is 0 Å². The first-order chi connectivity index (χ1) is 14.4. The van der Waals surface area contributed by atoms with Crippen LogP contribution in [0.15, 0.2) is 51.9 Å². The predicted molar refractivity (Wildman–Crippen MR) is 109 cm³/mol. The maximum Gasteiger partial charge on any atom is 0.247 e. The van der Waals surface area contributed by atoms with Crippen LogP contribution in [0.3, 0.4) is 0 Å². The van der Waals surface area contributed by atoms with Gasteiger partial charge in [0.2, 0.25) is 21.7 Å². The first-order valence-corrected chi connectivity index (χ1v) is 10.6. The van der Waals surface area contributed by atoms with Crippen LogP contribution in [0.4, 0.5) is 0 Å². The average molecular weight is 433 g/mol. The summed E-state index contributed by atoms with van der Waals surface area (Å²) in [6.45, 7) is 2.38. The molecule has 0 saturated heterocycles. The Morgan fingerprint density at radius 2 is 1.73 bits per heavy atom. The molecule has 0 aliphatic heterocycles. The Morgan fingerprint density at radius 3 is 2.37 bits per heavy atom. The van der Waals surface area contributed by atoms with Crippen LogP contribution in [-0.2, 0) is 16.6 Å². The van der Waals surface area contributed by atoms with Crippen molar-refractivity contribution in [3.05, 3.63) is 48.4 Å². The third-order valence-corrected chi connectivity index (χ3v) is 6.13. The van der Waals surface area contributed by atoms with Crippen molar-refractivity contribution in [2.24, 2.45) is 0 Å². The van der Waals surface area contributed by atoms with E-state index in [2.05, 4.69) is 10.1 Å². The van der Waals surface area contributed by atoms with Crippen molar-refractivity contribution >= 4 is 10.0 Å². The van der Waals surface area contributed by atoms with Crippen molar-refractivity contribution in [2.45, 2.75) is 18.4 Å². The number of hydrogen-bond donors (Lipinski definition) is 0. The highest BCUT2D eigenvalue weighted by atomic mass is 32.2. The summed E-state index contributed by atoms with van der Waals surface area (Å²) in [6, 6.07) is 11.8. The fourth-order valence-electron chi connectivity index (χ4n) is 2.73. The molecule has 0 aliphatic carbocycles. The van der Waals surface area contributed by atoms with Crippen molar-refractivity contribution in [3.63, 3.8) is 0 Å². The molecule has 2 aromatic carbocycles. The number of rotatable bonds is 9. The van der Waals surface area contributed by atoms with Crippen molar-refractivity contribution in [2.75, 3.05) is 27.9 Å². The van der Waals surface area contributed by atoms with Gasteiger partial charge in [-0.15, -0.1) is 0 Å². The normalized spacial score (nSPS) is 11.5. The lowest BCUT2D eigenvalue weighted by Gasteiger charge is -2.17. The molecule has 0 bridgehead atoms. The number of hydrogen-bond acceptors (Lipinski definition) is 8. The van der Waals surface area contributed by atoms with Gasteiger partial charge in [-0.25, -0.2) is 8.42 Å². The van der Waals surface area contributed by atoms with E-state index >= 15 is 0 Å². The molecule has 0 fully saturated rings. The van der Waals surface area contributed by atoms with E-state index in [0.717, 1.165) is 15.6 Å². The van der Waals surface area contributed by atoms with Crippen LogP contribution in [-0.4, -0.2) is 50.7 Å². The summed E-state index contributed by atoms with van der Waals surface area (Å²) in [4.78, 5) is 4.28. The minimum absolute atomic E-state index is 0.0156. The Morgan fingerprint density at radius 1 is 1.03 bits per heavy atom. The Bertz CT molecular complexity index is 1100. The maximum atomic E-state index is 13.0. The van der Waals surface area contributed by atoms with Gasteiger partial charge in [-0.1, -0.05) is 5.16 Å². The lowest BCUT2D eigenvalue weighted by molar-refractivity contribution is 0.335. The molecule has 3 aromatic rings. The van der Waals surface area contributed by atoms with E-state index in [1.54, 1.807) is 30.3 Å². The van der Waals surface area contributed by atoms with E-state index in [0.29, 0.717) is 18.2 Å². The molecule has 160 valence electrons. The zero-order valence-electron chi connectivity index (χ0n) is 17.2. The molecule has 30 heavy (non-hydrogen) atoms. The van der Waals surface area contributed by atoms with Gasteiger partial charge in [-0.2, -0.15) is 9.29 Å². The standard InChI is InChI=1S/C20H23N3O6S/c1-5-28-15-8-6-14(7-9-15)20-21-19(29-22-20)13-23(2)30(24,25)18-12-16(26-3)10-11-17(18)27-4/h6-12H,5,13H2,1-4H3. The summed E-state index contributed by atoms with van der Waals surface area (Å²) >= 11 is 0. The lowest BCUT2D eigenvalue weighted by atomic mass is 10.2. The molecule has 10 heteroatoms. The van der Waals surface area contributed by atoms with Gasteiger partial charge in [0.25, 0.3) is 0 Å². The summed E-state index contributed by atoms with van der Waals surface area (Å²) in [5.41, 5.74) is 0.730. The number of nitrogens with zero attached hydrogens (tertiary/aromatic N) is 3. The molecule has 0 atom stereocenters. The quantitative estimate of drug-likeness (QED) is 0.507. The first kappa shape index (κ1) is 21.6. The van der Waals surface area contributed by atoms with E-state index in [-0.39, 0.29) is 23.1 Å². The second kappa shape index (κ2) is 9.14. The zero-order chi connectivity index (χ0) is 21.7. The highest BCUT2D eigenvalue weighted by molar-refractivity contribution is 7.89. The SMILES string of the molecule is CCOc1ccc(-c2noc(CN(C)S(=O)(=O)c3cc(OC)ccc3OC)n2)cc1. The number of benzene rings is 2. The molecule has 0 aliphatic rings. The molecular weight excluding hydrogens is 410 g/mol. The largest absolute Gasteiger partial charge is 0.497 e. The van der Waals surface area contributed by atoms with Gasteiger partial charge in [-0.05, 0) is 43.3 Å². The van der Waals surface area contributed by atoms with Crippen LogP contribution < -0.4 is 14.2 Å². The molecule has 0 radical (unpaired) electrons. The third kappa shape index (κ3) is 4.55. The Hall–Kier alpha value is -3.11. The summed E-state index contributed by atoms with van der Waals surface area (Å²) in [5, 5.41) is 3.94. The van der Waals surface area contributed by atoms with E-state index < -0.39 is 10.0 Å². The number of methoxy groups -OCH3 is 2. The molecule has 0 N–H and O–H groups in total. The van der Waals surface area contributed by atoms with E-state index in [4.69, 9.17) is 18.7 Å². The fraction of sp³-hybridized carbons (Fsp3) is 0.300. The molecule has 0 saturated carbocycles. The van der Waals surface area contributed by atoms with Crippen LogP contribution >= 0.6 is 0 Å². The average Bonchev–Trinajstić information content (AvgIpc) is 3.22. The van der Waals surface area contributed by atoms with Gasteiger partial charge in [0.15, 0.2) is 0 Å². The monoisotopic (exact) mass is 433 g/mol. The first-order valence-electron chi connectivity index (χ1n) is 9.13. The summed E-state index contributed by atoms with van der Waals surface area (Å²) < 4.78 is 48.2. The molecule has 3 rings (SSSR count). The molecular formula is C20H23N3O6S. The van der Waals surface area contributed by atoms with E-state index in [1.165, 1.54) is 33.4 Å². The minimum Gasteiger partial charge on any atom is -0.497 e. The second-order valence-electron chi connectivity index (χ2n) is 6.25. The van der Waals surface area contributed by atoms with Gasteiger partial charge in [0, 0.05) is 18.7 Å². The molecule has 1 aromatic heterocycles. The Labute approximate surface area is 175 Å². The Kier molecular flexibility index (Phi) is 6.58.